The molecule has 0 spiro atoms. The smallest absolute Gasteiger partial charge is 0.0294 e. The minimum absolute atomic E-state index is 0.887. The lowest BCUT2D eigenvalue weighted by atomic mass is 9.79. The minimum atomic E-state index is 0.887. The number of hydrogen-bond donors (Lipinski definition) is 0. The molecule has 1 heteroatoms. The quantitative estimate of drug-likeness (QED) is 0.441. The van der Waals surface area contributed by atoms with Crippen LogP contribution in [0.3, 0.4) is 0 Å². The van der Waals surface area contributed by atoms with E-state index in [1.807, 2.05) is 0 Å². The van der Waals surface area contributed by atoms with Crippen LogP contribution in [0.25, 0.3) is 0 Å². The largest absolute Gasteiger partial charge is 0.138 e. The first-order valence-corrected chi connectivity index (χ1v) is 5.40. The molecule has 0 radical (unpaired) electrons. The summed E-state index contributed by atoms with van der Waals surface area (Å²) in [6.45, 7) is 6.44. The van der Waals surface area contributed by atoms with Crippen LogP contribution in [0.4, 0.5) is 0 Å². The topological polar surface area (TPSA) is 0 Å². The molecule has 0 saturated heterocycles. The Labute approximate surface area is 72.7 Å². The van der Waals surface area contributed by atoms with E-state index in [0.29, 0.717) is 0 Å². The summed E-state index contributed by atoms with van der Waals surface area (Å²) in [5.41, 5.74) is 1.48. The average molecular weight is 170 g/mol. The lowest BCUT2D eigenvalue weighted by molar-refractivity contribution is 0.331. The third kappa shape index (κ3) is 2.95. The zero-order chi connectivity index (χ0) is 8.27. The fraction of sp³-hybridized carbons (Fsp3) is 0.800. The average Bonchev–Trinajstić information content (AvgIpc) is 1.85. The SMILES string of the molecule is C=C1CC(C)CC(CCP)C1. The van der Waals surface area contributed by atoms with Crippen molar-refractivity contribution in [1.29, 1.82) is 0 Å². The Balaban J connectivity index is 2.36. The van der Waals surface area contributed by atoms with Crippen molar-refractivity contribution in [3.05, 3.63) is 12.2 Å². The van der Waals surface area contributed by atoms with Crippen molar-refractivity contribution in [3.8, 4) is 0 Å². The van der Waals surface area contributed by atoms with Gasteiger partial charge in [0.1, 0.15) is 0 Å². The van der Waals surface area contributed by atoms with E-state index in [1.165, 1.54) is 37.4 Å². The summed E-state index contributed by atoms with van der Waals surface area (Å²) in [5, 5.41) is 0. The van der Waals surface area contributed by atoms with E-state index >= 15 is 0 Å². The van der Waals surface area contributed by atoms with Gasteiger partial charge in [-0.2, -0.15) is 0 Å². The zero-order valence-electron chi connectivity index (χ0n) is 7.47. The van der Waals surface area contributed by atoms with Crippen LogP contribution >= 0.6 is 9.24 Å². The predicted octanol–water partition coefficient (Wildman–Crippen LogP) is 3.24. The van der Waals surface area contributed by atoms with Crippen molar-refractivity contribution in [2.24, 2.45) is 11.8 Å². The van der Waals surface area contributed by atoms with Crippen molar-refractivity contribution >= 4 is 9.24 Å². The van der Waals surface area contributed by atoms with Gasteiger partial charge in [-0.15, -0.1) is 9.24 Å². The maximum Gasteiger partial charge on any atom is -0.0294 e. The molecule has 3 unspecified atom stereocenters. The van der Waals surface area contributed by atoms with E-state index in [-0.39, 0.29) is 0 Å². The van der Waals surface area contributed by atoms with E-state index in [1.54, 1.807) is 0 Å². The van der Waals surface area contributed by atoms with Crippen LogP contribution in [0.1, 0.15) is 32.6 Å². The molecule has 1 aliphatic carbocycles. The van der Waals surface area contributed by atoms with Gasteiger partial charge in [-0.05, 0) is 43.7 Å². The highest BCUT2D eigenvalue weighted by atomic mass is 31.0. The highest BCUT2D eigenvalue weighted by molar-refractivity contribution is 7.16. The first-order valence-electron chi connectivity index (χ1n) is 4.59. The van der Waals surface area contributed by atoms with Crippen molar-refractivity contribution in [3.63, 3.8) is 0 Å². The van der Waals surface area contributed by atoms with E-state index in [9.17, 15) is 0 Å². The van der Waals surface area contributed by atoms with Crippen LogP contribution in [0.15, 0.2) is 12.2 Å². The van der Waals surface area contributed by atoms with Crippen LogP contribution < -0.4 is 0 Å². The second-order valence-corrected chi connectivity index (χ2v) is 4.52. The Kier molecular flexibility index (Phi) is 3.59. The molecule has 0 aromatic carbocycles. The summed E-state index contributed by atoms with van der Waals surface area (Å²) in [6.07, 6.45) is 6.61. The molecular formula is C10H19P. The normalized spacial score (nSPS) is 32.4. The first kappa shape index (κ1) is 9.26. The van der Waals surface area contributed by atoms with Gasteiger partial charge in [0.15, 0.2) is 0 Å². The van der Waals surface area contributed by atoms with Crippen LogP contribution in [0.5, 0.6) is 0 Å². The maximum atomic E-state index is 4.09. The van der Waals surface area contributed by atoms with Gasteiger partial charge in [-0.25, -0.2) is 0 Å². The highest BCUT2D eigenvalue weighted by Gasteiger charge is 2.19. The van der Waals surface area contributed by atoms with Crippen molar-refractivity contribution in [1.82, 2.24) is 0 Å². The molecule has 0 amide bonds. The molecule has 1 saturated carbocycles. The van der Waals surface area contributed by atoms with Gasteiger partial charge in [-0.3, -0.25) is 0 Å². The first-order chi connectivity index (χ1) is 5.22. The minimum Gasteiger partial charge on any atom is -0.138 e. The van der Waals surface area contributed by atoms with Crippen LogP contribution in [-0.4, -0.2) is 6.16 Å². The molecule has 0 N–H and O–H groups in total. The Hall–Kier alpha value is 0.170. The highest BCUT2D eigenvalue weighted by Crippen LogP contribution is 2.33. The molecule has 0 aliphatic heterocycles. The molecule has 0 heterocycles. The van der Waals surface area contributed by atoms with Gasteiger partial charge in [0.25, 0.3) is 0 Å². The molecule has 0 bridgehead atoms. The summed E-state index contributed by atoms with van der Waals surface area (Å²) in [4.78, 5) is 0. The Morgan fingerprint density at radius 3 is 2.82 bits per heavy atom. The van der Waals surface area contributed by atoms with E-state index in [0.717, 1.165) is 11.8 Å². The van der Waals surface area contributed by atoms with Gasteiger partial charge in [0, 0.05) is 0 Å². The number of allylic oxidation sites excluding steroid dienone is 1. The summed E-state index contributed by atoms with van der Waals surface area (Å²) in [6, 6.07) is 0. The molecule has 1 fully saturated rings. The lowest BCUT2D eigenvalue weighted by Gasteiger charge is -2.28. The van der Waals surface area contributed by atoms with Gasteiger partial charge in [-0.1, -0.05) is 19.1 Å². The van der Waals surface area contributed by atoms with Crippen LogP contribution in [-0.2, 0) is 0 Å². The molecule has 3 atom stereocenters. The monoisotopic (exact) mass is 170 g/mol. The van der Waals surface area contributed by atoms with E-state index < -0.39 is 0 Å². The van der Waals surface area contributed by atoms with Crippen molar-refractivity contribution in [2.75, 3.05) is 6.16 Å². The zero-order valence-corrected chi connectivity index (χ0v) is 8.63. The van der Waals surface area contributed by atoms with E-state index in [4.69, 9.17) is 0 Å². The van der Waals surface area contributed by atoms with E-state index in [2.05, 4.69) is 22.7 Å². The standard InChI is InChI=1S/C10H19P/c1-8-5-9(2)7-10(6-8)3-4-11/h9-10H,1,3-7,11H2,2H3. The van der Waals surface area contributed by atoms with Gasteiger partial charge in [0.2, 0.25) is 0 Å². The van der Waals surface area contributed by atoms with Crippen molar-refractivity contribution in [2.45, 2.75) is 32.6 Å². The molecule has 1 aliphatic rings. The predicted molar refractivity (Wildman–Crippen MR) is 54.8 cm³/mol. The van der Waals surface area contributed by atoms with Gasteiger partial charge >= 0.3 is 0 Å². The molecule has 0 nitrogen and oxygen atoms in total. The summed E-state index contributed by atoms with van der Waals surface area (Å²) in [7, 11) is 2.82. The van der Waals surface area contributed by atoms with Crippen LogP contribution in [0.2, 0.25) is 0 Å². The summed E-state index contributed by atoms with van der Waals surface area (Å²) < 4.78 is 0. The van der Waals surface area contributed by atoms with Gasteiger partial charge in [0.05, 0.1) is 0 Å². The molecule has 11 heavy (non-hydrogen) atoms. The second-order valence-electron chi connectivity index (χ2n) is 3.94. The lowest BCUT2D eigenvalue weighted by Crippen LogP contribution is -2.15. The second kappa shape index (κ2) is 4.26. The third-order valence-corrected chi connectivity index (χ3v) is 2.86. The van der Waals surface area contributed by atoms with Crippen molar-refractivity contribution < 1.29 is 0 Å². The fourth-order valence-corrected chi connectivity index (χ4v) is 2.65. The van der Waals surface area contributed by atoms with Gasteiger partial charge < -0.3 is 0 Å². The Bertz CT molecular complexity index is 140. The molecule has 0 aromatic heterocycles. The third-order valence-electron chi connectivity index (χ3n) is 2.53. The molecule has 64 valence electrons. The fourth-order valence-electron chi connectivity index (χ4n) is 2.18. The molecule has 0 aromatic rings. The number of hydrogen-bond acceptors (Lipinski definition) is 0. The summed E-state index contributed by atoms with van der Waals surface area (Å²) in [5.74, 6) is 1.82. The maximum absolute atomic E-state index is 4.09. The molecular weight excluding hydrogens is 151 g/mol. The Morgan fingerprint density at radius 1 is 1.55 bits per heavy atom. The molecule has 1 rings (SSSR count). The Morgan fingerprint density at radius 2 is 2.27 bits per heavy atom. The summed E-state index contributed by atoms with van der Waals surface area (Å²) >= 11 is 0. The number of rotatable bonds is 2. The van der Waals surface area contributed by atoms with Crippen LogP contribution in [0, 0.1) is 11.8 Å².